The summed E-state index contributed by atoms with van der Waals surface area (Å²) in [7, 11) is 0. The zero-order valence-corrected chi connectivity index (χ0v) is 6.30. The van der Waals surface area contributed by atoms with Gasteiger partial charge in [-0.1, -0.05) is 30.4 Å². The predicted octanol–water partition coefficient (Wildman–Crippen LogP) is 1.65. The lowest BCUT2D eigenvalue weighted by Gasteiger charge is -2.17. The highest BCUT2D eigenvalue weighted by Gasteiger charge is 2.03. The number of hydrogen-bond acceptors (Lipinski definition) is 1. The molecule has 0 aromatic heterocycles. The summed E-state index contributed by atoms with van der Waals surface area (Å²) in [5.74, 6) is 0. The first-order valence-corrected chi connectivity index (χ1v) is 3.61. The highest BCUT2D eigenvalue weighted by atomic mass is 14.9. The molecule has 1 fully saturated rings. The van der Waals surface area contributed by atoms with Crippen molar-refractivity contribution in [3.8, 4) is 0 Å². The van der Waals surface area contributed by atoms with E-state index in [-0.39, 0.29) is 0 Å². The molecule has 1 nitrogen and oxygen atoms in total. The van der Waals surface area contributed by atoms with E-state index in [1.54, 1.807) is 0 Å². The van der Waals surface area contributed by atoms with Gasteiger partial charge in [-0.15, -0.1) is 0 Å². The third kappa shape index (κ3) is 2.19. The molecule has 0 bridgehead atoms. The van der Waals surface area contributed by atoms with Crippen LogP contribution in [0, 0.1) is 0 Å². The fraction of sp³-hybridized carbons (Fsp3) is 0.333. The van der Waals surface area contributed by atoms with Crippen LogP contribution in [0.3, 0.4) is 0 Å². The molecule has 0 spiro atoms. The van der Waals surface area contributed by atoms with Crippen molar-refractivity contribution in [1.82, 2.24) is 5.32 Å². The van der Waals surface area contributed by atoms with Crippen molar-refractivity contribution in [2.24, 2.45) is 0 Å². The Bertz CT molecular complexity index is 169. The summed E-state index contributed by atoms with van der Waals surface area (Å²) in [5, 5.41) is 3.18. The topological polar surface area (TPSA) is 12.0 Å². The third-order valence-corrected chi connectivity index (χ3v) is 1.45. The van der Waals surface area contributed by atoms with Crippen molar-refractivity contribution < 1.29 is 0 Å². The van der Waals surface area contributed by atoms with Gasteiger partial charge in [0.25, 0.3) is 0 Å². The van der Waals surface area contributed by atoms with Gasteiger partial charge in [0.2, 0.25) is 0 Å². The molecule has 0 aromatic rings. The maximum atomic E-state index is 3.18. The molecular weight excluding hydrogens is 122 g/mol. The summed E-state index contributed by atoms with van der Waals surface area (Å²) >= 11 is 0. The maximum absolute atomic E-state index is 3.18. The van der Waals surface area contributed by atoms with Gasteiger partial charge in [0.05, 0.1) is 0 Å². The molecule has 1 saturated heterocycles. The van der Waals surface area contributed by atoms with Crippen LogP contribution in [0.2, 0.25) is 0 Å². The molecule has 0 radical (unpaired) electrons. The van der Waals surface area contributed by atoms with E-state index in [4.69, 9.17) is 0 Å². The normalized spacial score (nSPS) is 18.3. The number of nitrogens with one attached hydrogen (secondary N) is 1. The molecule has 1 heterocycles. The molecule has 10 heavy (non-hydrogen) atoms. The van der Waals surface area contributed by atoms with Gasteiger partial charge in [-0.25, -0.2) is 0 Å². The van der Waals surface area contributed by atoms with E-state index in [9.17, 15) is 0 Å². The molecule has 0 atom stereocenters. The SMILES string of the molecule is CC=CC=CC=C1CNC1. The fourth-order valence-corrected chi connectivity index (χ4v) is 0.754. The zero-order valence-electron chi connectivity index (χ0n) is 6.30. The Hall–Kier alpha value is -0.820. The number of rotatable bonds is 2. The minimum Gasteiger partial charge on any atom is -0.309 e. The minimum atomic E-state index is 1.07. The van der Waals surface area contributed by atoms with Gasteiger partial charge in [0, 0.05) is 13.1 Å². The van der Waals surface area contributed by atoms with E-state index in [2.05, 4.69) is 17.5 Å². The van der Waals surface area contributed by atoms with Crippen LogP contribution in [-0.4, -0.2) is 13.1 Å². The van der Waals surface area contributed by atoms with Crippen LogP contribution in [0.1, 0.15) is 6.92 Å². The van der Waals surface area contributed by atoms with Crippen LogP contribution in [0.25, 0.3) is 0 Å². The van der Waals surface area contributed by atoms with Crippen molar-refractivity contribution in [1.29, 1.82) is 0 Å². The Morgan fingerprint density at radius 1 is 1.20 bits per heavy atom. The summed E-state index contributed by atoms with van der Waals surface area (Å²) in [4.78, 5) is 0. The molecule has 1 aliphatic rings. The Morgan fingerprint density at radius 3 is 2.50 bits per heavy atom. The highest BCUT2D eigenvalue weighted by molar-refractivity contribution is 5.22. The van der Waals surface area contributed by atoms with E-state index in [0.29, 0.717) is 0 Å². The lowest BCUT2D eigenvalue weighted by molar-refractivity contribution is 0.669. The van der Waals surface area contributed by atoms with Crippen molar-refractivity contribution in [2.45, 2.75) is 6.92 Å². The van der Waals surface area contributed by atoms with Gasteiger partial charge in [-0.05, 0) is 12.5 Å². The molecule has 1 aliphatic heterocycles. The van der Waals surface area contributed by atoms with Gasteiger partial charge in [0.15, 0.2) is 0 Å². The van der Waals surface area contributed by atoms with E-state index in [1.807, 2.05) is 25.2 Å². The van der Waals surface area contributed by atoms with Crippen molar-refractivity contribution in [3.05, 3.63) is 36.0 Å². The predicted molar refractivity (Wildman–Crippen MR) is 44.9 cm³/mol. The average molecular weight is 135 g/mol. The second kappa shape index (κ2) is 4.07. The van der Waals surface area contributed by atoms with Gasteiger partial charge in [0.1, 0.15) is 0 Å². The Balaban J connectivity index is 2.25. The monoisotopic (exact) mass is 135 g/mol. The second-order valence-corrected chi connectivity index (χ2v) is 2.34. The van der Waals surface area contributed by atoms with E-state index in [0.717, 1.165) is 13.1 Å². The molecule has 0 saturated carbocycles. The van der Waals surface area contributed by atoms with Crippen LogP contribution in [0.4, 0.5) is 0 Å². The second-order valence-electron chi connectivity index (χ2n) is 2.34. The Morgan fingerprint density at radius 2 is 2.00 bits per heavy atom. The van der Waals surface area contributed by atoms with Crippen LogP contribution >= 0.6 is 0 Å². The van der Waals surface area contributed by atoms with E-state index in [1.165, 1.54) is 5.57 Å². The molecule has 0 unspecified atom stereocenters. The van der Waals surface area contributed by atoms with Gasteiger partial charge >= 0.3 is 0 Å². The number of allylic oxidation sites excluding steroid dienone is 5. The van der Waals surface area contributed by atoms with Crippen LogP contribution in [0.5, 0.6) is 0 Å². The summed E-state index contributed by atoms with van der Waals surface area (Å²) in [6.07, 6.45) is 10.3. The first-order chi connectivity index (χ1) is 4.93. The lowest BCUT2D eigenvalue weighted by Crippen LogP contribution is -2.33. The van der Waals surface area contributed by atoms with Gasteiger partial charge in [-0.2, -0.15) is 0 Å². The van der Waals surface area contributed by atoms with Crippen LogP contribution < -0.4 is 5.32 Å². The number of hydrogen-bond donors (Lipinski definition) is 1. The standard InChI is InChI=1S/C9H13N/c1-2-3-4-5-6-9-7-10-8-9/h2-6,10H,7-8H2,1H3. The molecule has 0 aromatic carbocycles. The van der Waals surface area contributed by atoms with E-state index >= 15 is 0 Å². The summed E-state index contributed by atoms with van der Waals surface area (Å²) in [6.45, 7) is 4.16. The Labute approximate surface area is 62.1 Å². The average Bonchev–Trinajstić information content (AvgIpc) is 1.84. The minimum absolute atomic E-state index is 1.07. The van der Waals surface area contributed by atoms with Gasteiger partial charge < -0.3 is 5.32 Å². The first kappa shape index (κ1) is 7.29. The molecular formula is C9H13N. The van der Waals surface area contributed by atoms with Gasteiger partial charge in [-0.3, -0.25) is 0 Å². The maximum Gasteiger partial charge on any atom is 0.0183 e. The lowest BCUT2D eigenvalue weighted by atomic mass is 10.1. The molecule has 1 N–H and O–H groups in total. The zero-order chi connectivity index (χ0) is 7.23. The van der Waals surface area contributed by atoms with E-state index < -0.39 is 0 Å². The highest BCUT2D eigenvalue weighted by Crippen LogP contribution is 1.99. The first-order valence-electron chi connectivity index (χ1n) is 3.61. The summed E-state index contributed by atoms with van der Waals surface area (Å²) < 4.78 is 0. The van der Waals surface area contributed by atoms with Crippen LogP contribution in [0.15, 0.2) is 36.0 Å². The molecule has 1 heteroatoms. The van der Waals surface area contributed by atoms with Crippen LogP contribution in [-0.2, 0) is 0 Å². The quantitative estimate of drug-likeness (QED) is 0.568. The molecule has 54 valence electrons. The summed E-state index contributed by atoms with van der Waals surface area (Å²) in [5.41, 5.74) is 1.49. The molecule has 1 rings (SSSR count). The third-order valence-electron chi connectivity index (χ3n) is 1.45. The van der Waals surface area contributed by atoms with Crippen molar-refractivity contribution in [2.75, 3.05) is 13.1 Å². The smallest absolute Gasteiger partial charge is 0.0183 e. The Kier molecular flexibility index (Phi) is 2.97. The largest absolute Gasteiger partial charge is 0.309 e. The fourth-order valence-electron chi connectivity index (χ4n) is 0.754. The molecule has 0 aliphatic carbocycles. The molecule has 0 amide bonds. The van der Waals surface area contributed by atoms with Crippen molar-refractivity contribution >= 4 is 0 Å². The van der Waals surface area contributed by atoms with Crippen molar-refractivity contribution in [3.63, 3.8) is 0 Å². The summed E-state index contributed by atoms with van der Waals surface area (Å²) in [6, 6.07) is 0.